The van der Waals surface area contributed by atoms with Gasteiger partial charge in [0.2, 0.25) is 0 Å². The maximum Gasteiger partial charge on any atom is 0.0385 e. The van der Waals surface area contributed by atoms with Crippen molar-refractivity contribution >= 4 is 6.21 Å². The second kappa shape index (κ2) is 40.4. The molecular weight excluding hydrogens is 508 g/mol. The van der Waals surface area contributed by atoms with E-state index in [0.717, 1.165) is 6.54 Å². The average Bonchev–Trinajstić information content (AvgIpc) is 3.00. The predicted octanol–water partition coefficient (Wildman–Crippen LogP) is 13.7. The molecule has 0 aliphatic carbocycles. The van der Waals surface area contributed by atoms with E-state index in [0.29, 0.717) is 0 Å². The van der Waals surface area contributed by atoms with Crippen LogP contribution in [0.3, 0.4) is 0 Å². The van der Waals surface area contributed by atoms with Gasteiger partial charge in [-0.25, -0.2) is 0 Å². The smallest absolute Gasteiger partial charge is 0.0385 e. The van der Waals surface area contributed by atoms with E-state index in [1.165, 1.54) is 219 Å². The summed E-state index contributed by atoms with van der Waals surface area (Å²) in [5.74, 6) is 0. The fourth-order valence-corrected chi connectivity index (χ4v) is 5.87. The summed E-state index contributed by atoms with van der Waals surface area (Å²) in [6, 6.07) is 0. The van der Waals surface area contributed by atoms with Crippen LogP contribution in [0.15, 0.2) is 17.1 Å². The topological polar surface area (TPSA) is 24.4 Å². The quantitative estimate of drug-likeness (QED) is 0.0435. The van der Waals surface area contributed by atoms with Gasteiger partial charge in [-0.2, -0.15) is 0 Å². The molecule has 0 heterocycles. The predicted molar refractivity (Wildman–Crippen MR) is 194 cm³/mol. The maximum atomic E-state index is 4.61. The Morgan fingerprint density at radius 3 is 1.12 bits per heavy atom. The van der Waals surface area contributed by atoms with E-state index in [9.17, 15) is 0 Å². The standard InChI is InChI=1S/C40H80N2/c1-3-5-7-9-11-12-13-14-15-16-17-19-22-26-30-35-39-42-40-36-32-28-24-21-18-20-23-27-31-34-38-41-37-33-29-25-10-8-6-4-2/h14-15,37,42H,3-13,16-36,38-40H2,1-2H3/b15-14+,41-37?. The number of unbranched alkanes of at least 4 members (excludes halogenated alkanes) is 28. The molecule has 0 atom stereocenters. The number of hydrogen-bond donors (Lipinski definition) is 1. The van der Waals surface area contributed by atoms with Crippen molar-refractivity contribution in [3.63, 3.8) is 0 Å². The number of nitrogens with one attached hydrogen (secondary N) is 1. The van der Waals surface area contributed by atoms with E-state index < -0.39 is 0 Å². The molecule has 1 N–H and O–H groups in total. The molecule has 0 aliphatic rings. The van der Waals surface area contributed by atoms with Crippen LogP contribution in [0.4, 0.5) is 0 Å². The molecule has 0 unspecified atom stereocenters. The van der Waals surface area contributed by atoms with Crippen LogP contribution in [-0.2, 0) is 0 Å². The van der Waals surface area contributed by atoms with E-state index in [1.807, 2.05) is 0 Å². The molecule has 0 aromatic carbocycles. The number of aliphatic imine (C=N–C) groups is 1. The summed E-state index contributed by atoms with van der Waals surface area (Å²) in [4.78, 5) is 4.61. The Hall–Kier alpha value is -0.630. The molecule has 0 fully saturated rings. The van der Waals surface area contributed by atoms with Crippen molar-refractivity contribution in [2.45, 2.75) is 219 Å². The highest BCUT2D eigenvalue weighted by Gasteiger charge is 1.96. The first-order chi connectivity index (χ1) is 20.9. The highest BCUT2D eigenvalue weighted by atomic mass is 14.8. The first-order valence-electron chi connectivity index (χ1n) is 19.8. The minimum absolute atomic E-state index is 1.06. The molecule has 0 saturated heterocycles. The molecule has 250 valence electrons. The van der Waals surface area contributed by atoms with E-state index >= 15 is 0 Å². The van der Waals surface area contributed by atoms with Gasteiger partial charge in [0.25, 0.3) is 0 Å². The molecule has 0 aliphatic heterocycles. The lowest BCUT2D eigenvalue weighted by Gasteiger charge is -2.05. The van der Waals surface area contributed by atoms with Gasteiger partial charge in [0.05, 0.1) is 0 Å². The minimum Gasteiger partial charge on any atom is -0.317 e. The van der Waals surface area contributed by atoms with Crippen LogP contribution in [0.2, 0.25) is 0 Å². The van der Waals surface area contributed by atoms with Crippen molar-refractivity contribution in [1.82, 2.24) is 5.32 Å². The Kier molecular flexibility index (Phi) is 39.8. The molecular formula is C40H80N2. The molecule has 0 bridgehead atoms. The average molecular weight is 589 g/mol. The molecule has 0 spiro atoms. The van der Waals surface area contributed by atoms with Crippen molar-refractivity contribution in [1.29, 1.82) is 0 Å². The van der Waals surface area contributed by atoms with Gasteiger partial charge in [-0.15, -0.1) is 0 Å². The Labute approximate surface area is 267 Å². The minimum atomic E-state index is 1.06. The SMILES string of the molecule is CCCCCCCCC=NCCCCCCCCCCCCCNCCCCCCCC/C=C/CCCCCCCC. The first-order valence-corrected chi connectivity index (χ1v) is 19.8. The van der Waals surface area contributed by atoms with Crippen molar-refractivity contribution in [3.8, 4) is 0 Å². The fraction of sp³-hybridized carbons (Fsp3) is 0.925. The summed E-state index contributed by atoms with van der Waals surface area (Å²) in [5.41, 5.74) is 0. The number of allylic oxidation sites excluding steroid dienone is 2. The normalized spacial score (nSPS) is 12.0. The second-order valence-electron chi connectivity index (χ2n) is 13.2. The molecule has 0 aromatic heterocycles. The summed E-state index contributed by atoms with van der Waals surface area (Å²) in [6.07, 6.45) is 51.6. The monoisotopic (exact) mass is 589 g/mol. The number of rotatable bonds is 37. The van der Waals surface area contributed by atoms with Crippen LogP contribution in [0.1, 0.15) is 219 Å². The Balaban J connectivity index is 3.09. The summed E-state index contributed by atoms with van der Waals surface area (Å²) < 4.78 is 0. The molecule has 0 rings (SSSR count). The molecule has 42 heavy (non-hydrogen) atoms. The van der Waals surface area contributed by atoms with Gasteiger partial charge in [0, 0.05) is 6.54 Å². The summed E-state index contributed by atoms with van der Waals surface area (Å²) in [7, 11) is 0. The van der Waals surface area contributed by atoms with E-state index in [2.05, 4.69) is 42.5 Å². The van der Waals surface area contributed by atoms with Crippen molar-refractivity contribution in [3.05, 3.63) is 12.2 Å². The van der Waals surface area contributed by atoms with Crippen LogP contribution in [0.25, 0.3) is 0 Å². The molecule has 0 amide bonds. The Morgan fingerprint density at radius 1 is 0.357 bits per heavy atom. The summed E-state index contributed by atoms with van der Waals surface area (Å²) in [6.45, 7) is 8.10. The lowest BCUT2D eigenvalue weighted by molar-refractivity contribution is 0.527. The Morgan fingerprint density at radius 2 is 0.690 bits per heavy atom. The highest BCUT2D eigenvalue weighted by molar-refractivity contribution is 5.56. The van der Waals surface area contributed by atoms with Gasteiger partial charge in [-0.05, 0) is 77.1 Å². The third-order valence-corrected chi connectivity index (χ3v) is 8.82. The van der Waals surface area contributed by atoms with E-state index in [-0.39, 0.29) is 0 Å². The van der Waals surface area contributed by atoms with Gasteiger partial charge in [-0.1, -0.05) is 174 Å². The van der Waals surface area contributed by atoms with Crippen molar-refractivity contribution < 1.29 is 0 Å². The zero-order valence-electron chi connectivity index (χ0n) is 29.4. The lowest BCUT2D eigenvalue weighted by atomic mass is 10.1. The third kappa shape index (κ3) is 39.4. The largest absolute Gasteiger partial charge is 0.317 e. The lowest BCUT2D eigenvalue weighted by Crippen LogP contribution is -2.16. The van der Waals surface area contributed by atoms with Crippen molar-refractivity contribution in [2.75, 3.05) is 19.6 Å². The van der Waals surface area contributed by atoms with Crippen molar-refractivity contribution in [2.24, 2.45) is 4.99 Å². The van der Waals surface area contributed by atoms with Gasteiger partial charge in [-0.3, -0.25) is 4.99 Å². The molecule has 0 saturated carbocycles. The van der Waals surface area contributed by atoms with Crippen LogP contribution >= 0.6 is 0 Å². The zero-order valence-corrected chi connectivity index (χ0v) is 29.4. The van der Waals surface area contributed by atoms with Crippen LogP contribution in [0, 0.1) is 0 Å². The number of nitrogens with zero attached hydrogens (tertiary/aromatic N) is 1. The molecule has 0 aromatic rings. The van der Waals surface area contributed by atoms with Crippen LogP contribution in [0.5, 0.6) is 0 Å². The first kappa shape index (κ1) is 41.4. The van der Waals surface area contributed by atoms with E-state index in [4.69, 9.17) is 0 Å². The Bertz CT molecular complexity index is 466. The van der Waals surface area contributed by atoms with Gasteiger partial charge < -0.3 is 5.32 Å². The third-order valence-electron chi connectivity index (χ3n) is 8.82. The summed E-state index contributed by atoms with van der Waals surface area (Å²) >= 11 is 0. The van der Waals surface area contributed by atoms with Gasteiger partial charge in [0.1, 0.15) is 0 Å². The highest BCUT2D eigenvalue weighted by Crippen LogP contribution is 2.12. The molecule has 2 nitrogen and oxygen atoms in total. The van der Waals surface area contributed by atoms with Crippen LogP contribution < -0.4 is 5.32 Å². The molecule has 0 radical (unpaired) electrons. The molecule has 2 heteroatoms. The van der Waals surface area contributed by atoms with E-state index in [1.54, 1.807) is 0 Å². The van der Waals surface area contributed by atoms with Gasteiger partial charge >= 0.3 is 0 Å². The van der Waals surface area contributed by atoms with Gasteiger partial charge in [0.15, 0.2) is 0 Å². The second-order valence-corrected chi connectivity index (χ2v) is 13.2. The fourth-order valence-electron chi connectivity index (χ4n) is 5.87. The number of hydrogen-bond acceptors (Lipinski definition) is 2. The summed E-state index contributed by atoms with van der Waals surface area (Å²) in [5, 5.41) is 3.68. The maximum absolute atomic E-state index is 4.61. The zero-order chi connectivity index (χ0) is 30.3. The van der Waals surface area contributed by atoms with Crippen LogP contribution in [-0.4, -0.2) is 25.8 Å².